The minimum atomic E-state index is -0.494. The van der Waals surface area contributed by atoms with Crippen molar-refractivity contribution in [2.75, 3.05) is 56.1 Å². The fourth-order valence-electron chi connectivity index (χ4n) is 2.93. The molecule has 0 spiro atoms. The Morgan fingerprint density at radius 1 is 1.38 bits per heavy atom. The molecule has 0 bridgehead atoms. The summed E-state index contributed by atoms with van der Waals surface area (Å²) in [4.78, 5) is 21.4. The molecule has 0 aromatic heterocycles. The number of likely N-dealkylation sites (N-methyl/N-ethyl adjacent to an activating group) is 1. The van der Waals surface area contributed by atoms with Gasteiger partial charge in [0.2, 0.25) is 0 Å². The van der Waals surface area contributed by atoms with Crippen LogP contribution in [0.4, 0.5) is 20.6 Å². The zero-order valence-corrected chi connectivity index (χ0v) is 14.3. The van der Waals surface area contributed by atoms with Crippen LogP contribution in [0.2, 0.25) is 0 Å². The first-order valence-electron chi connectivity index (χ1n) is 7.83. The Morgan fingerprint density at radius 3 is 2.79 bits per heavy atom. The van der Waals surface area contributed by atoms with Gasteiger partial charge in [0.1, 0.15) is 11.9 Å². The van der Waals surface area contributed by atoms with Crippen molar-refractivity contribution in [3.05, 3.63) is 24.0 Å². The molecule has 6 nitrogen and oxygen atoms in total. The second-order valence-electron chi connectivity index (χ2n) is 5.97. The number of cyclic esters (lactones) is 1. The summed E-state index contributed by atoms with van der Waals surface area (Å²) in [7, 11) is 2.06. The first-order chi connectivity index (χ1) is 11.6. The molecule has 128 valence electrons. The number of anilines is 2. The molecule has 1 aromatic rings. The Morgan fingerprint density at radius 2 is 2.12 bits per heavy atom. The fraction of sp³-hybridized carbons (Fsp3) is 0.500. The van der Waals surface area contributed by atoms with Crippen molar-refractivity contribution in [2.45, 2.75) is 6.10 Å². The van der Waals surface area contributed by atoms with Gasteiger partial charge in [0.15, 0.2) is 0 Å². The fourth-order valence-corrected chi connectivity index (χ4v) is 3.01. The van der Waals surface area contributed by atoms with E-state index in [1.165, 1.54) is 11.0 Å². The van der Waals surface area contributed by atoms with Crippen molar-refractivity contribution in [1.82, 2.24) is 4.90 Å². The number of hydrogen-bond donors (Lipinski definition) is 0. The van der Waals surface area contributed by atoms with Gasteiger partial charge in [-0.25, -0.2) is 14.2 Å². The number of benzene rings is 1. The van der Waals surface area contributed by atoms with Crippen LogP contribution in [0, 0.1) is 5.82 Å². The molecule has 1 amide bonds. The molecule has 24 heavy (non-hydrogen) atoms. The van der Waals surface area contributed by atoms with E-state index in [0.717, 1.165) is 26.2 Å². The molecule has 2 fully saturated rings. The smallest absolute Gasteiger partial charge is 0.414 e. The Kier molecular flexibility index (Phi) is 5.08. The van der Waals surface area contributed by atoms with E-state index in [1.54, 1.807) is 12.1 Å². The van der Waals surface area contributed by atoms with Crippen LogP contribution in [0.5, 0.6) is 0 Å². The van der Waals surface area contributed by atoms with Crippen molar-refractivity contribution in [3.8, 4) is 0 Å². The molecule has 2 aliphatic heterocycles. The lowest BCUT2D eigenvalue weighted by molar-refractivity contribution is 0.145. The number of amides is 1. The van der Waals surface area contributed by atoms with Crippen LogP contribution < -0.4 is 9.80 Å². The van der Waals surface area contributed by atoms with E-state index in [2.05, 4.69) is 34.3 Å². The first kappa shape index (κ1) is 16.8. The van der Waals surface area contributed by atoms with Crippen LogP contribution in [0.1, 0.15) is 0 Å². The molecule has 0 unspecified atom stereocenters. The number of carbonyl (C=O) groups is 1. The second kappa shape index (κ2) is 7.25. The minimum Gasteiger partial charge on any atom is -0.442 e. The van der Waals surface area contributed by atoms with Crippen molar-refractivity contribution in [3.63, 3.8) is 0 Å². The molecule has 0 aliphatic carbocycles. The van der Waals surface area contributed by atoms with Gasteiger partial charge in [-0.05, 0) is 37.5 Å². The average molecular weight is 350 g/mol. The van der Waals surface area contributed by atoms with Crippen molar-refractivity contribution >= 4 is 34.8 Å². The van der Waals surface area contributed by atoms with Crippen molar-refractivity contribution in [2.24, 2.45) is 4.99 Å². The van der Waals surface area contributed by atoms with Crippen LogP contribution >= 0.6 is 12.2 Å². The minimum absolute atomic E-state index is 0.271. The van der Waals surface area contributed by atoms with E-state index in [0.29, 0.717) is 17.9 Å². The lowest BCUT2D eigenvalue weighted by Crippen LogP contribution is -2.44. The van der Waals surface area contributed by atoms with Gasteiger partial charge in [0.05, 0.1) is 29.6 Å². The summed E-state index contributed by atoms with van der Waals surface area (Å²) >= 11 is 4.51. The van der Waals surface area contributed by atoms with Crippen LogP contribution in [0.3, 0.4) is 0 Å². The van der Waals surface area contributed by atoms with E-state index < -0.39 is 6.09 Å². The zero-order chi connectivity index (χ0) is 17.1. The number of hydrogen-bond acceptors (Lipinski definition) is 6. The molecule has 1 atom stereocenters. The topological polar surface area (TPSA) is 48.4 Å². The summed E-state index contributed by atoms with van der Waals surface area (Å²) in [6, 6.07) is 4.87. The van der Waals surface area contributed by atoms with Gasteiger partial charge in [-0.3, -0.25) is 4.90 Å². The van der Waals surface area contributed by atoms with Gasteiger partial charge in [-0.15, -0.1) is 0 Å². The Hall–Kier alpha value is -2.02. The summed E-state index contributed by atoms with van der Waals surface area (Å²) in [5.41, 5.74) is 1.06. The number of isothiocyanates is 1. The molecular weight excluding hydrogens is 331 g/mol. The Bertz CT molecular complexity index is 672. The molecule has 0 radical (unpaired) electrons. The maximum Gasteiger partial charge on any atom is 0.414 e. The van der Waals surface area contributed by atoms with E-state index >= 15 is 0 Å². The van der Waals surface area contributed by atoms with E-state index in [1.807, 2.05) is 4.90 Å². The highest BCUT2D eigenvalue weighted by molar-refractivity contribution is 7.78. The van der Waals surface area contributed by atoms with Gasteiger partial charge in [0, 0.05) is 26.2 Å². The summed E-state index contributed by atoms with van der Waals surface area (Å²) in [6.07, 6.45) is -0.875. The predicted molar refractivity (Wildman–Crippen MR) is 93.6 cm³/mol. The van der Waals surface area contributed by atoms with Crippen molar-refractivity contribution < 1.29 is 13.9 Å². The number of nitrogens with zero attached hydrogens (tertiary/aromatic N) is 4. The molecular formula is C16H19FN4O2S. The van der Waals surface area contributed by atoms with Gasteiger partial charge in [-0.2, -0.15) is 0 Å². The number of carbonyl (C=O) groups excluding carboxylic acids is 1. The van der Waals surface area contributed by atoms with Crippen LogP contribution in [0.25, 0.3) is 0 Å². The molecule has 0 N–H and O–H groups in total. The summed E-state index contributed by atoms with van der Waals surface area (Å²) in [6.45, 7) is 3.98. The maximum absolute atomic E-state index is 14.5. The molecule has 2 aliphatic rings. The number of thiocarbonyl (C=S) groups is 1. The van der Waals surface area contributed by atoms with E-state index in [-0.39, 0.29) is 18.5 Å². The molecule has 3 rings (SSSR count). The van der Waals surface area contributed by atoms with Crippen LogP contribution in [-0.4, -0.2) is 68.6 Å². The largest absolute Gasteiger partial charge is 0.442 e. The number of piperazine rings is 1. The highest BCUT2D eigenvalue weighted by Crippen LogP contribution is 2.28. The van der Waals surface area contributed by atoms with Crippen LogP contribution in [0.15, 0.2) is 23.2 Å². The molecule has 1 aromatic carbocycles. The highest BCUT2D eigenvalue weighted by Gasteiger charge is 2.32. The third-order valence-electron chi connectivity index (χ3n) is 4.32. The van der Waals surface area contributed by atoms with Gasteiger partial charge < -0.3 is 14.5 Å². The summed E-state index contributed by atoms with van der Waals surface area (Å²) < 4.78 is 19.7. The zero-order valence-electron chi connectivity index (χ0n) is 13.4. The highest BCUT2D eigenvalue weighted by atomic mass is 32.1. The van der Waals surface area contributed by atoms with Crippen LogP contribution in [-0.2, 0) is 4.74 Å². The standard InChI is InChI=1S/C16H19FN4O2S/c1-19-4-6-20(7-5-19)15-3-2-12(8-14(15)17)21-10-13(9-18-11-24)23-16(21)22/h2-3,8,13H,4-7,9-10H2,1H3/t13-/m0/s1. The van der Waals surface area contributed by atoms with E-state index in [9.17, 15) is 9.18 Å². The molecule has 0 saturated carbocycles. The van der Waals surface area contributed by atoms with Gasteiger partial charge in [0.25, 0.3) is 0 Å². The maximum atomic E-state index is 14.5. The first-order valence-corrected chi connectivity index (χ1v) is 8.24. The quantitative estimate of drug-likeness (QED) is 0.614. The van der Waals surface area contributed by atoms with Gasteiger partial charge in [-0.1, -0.05) is 0 Å². The lowest BCUT2D eigenvalue weighted by atomic mass is 10.2. The average Bonchev–Trinajstić information content (AvgIpc) is 2.95. The Balaban J connectivity index is 1.72. The number of aliphatic imine (C=N–C) groups is 1. The normalized spacial score (nSPS) is 21.6. The monoisotopic (exact) mass is 350 g/mol. The lowest BCUT2D eigenvalue weighted by Gasteiger charge is -2.34. The summed E-state index contributed by atoms with van der Waals surface area (Å²) in [5, 5.41) is 2.25. The SMILES string of the molecule is CN1CCN(c2ccc(N3C[C@H](CN=C=S)OC3=O)cc2F)CC1. The molecule has 2 heterocycles. The van der Waals surface area contributed by atoms with Gasteiger partial charge >= 0.3 is 6.09 Å². The predicted octanol–water partition coefficient (Wildman–Crippen LogP) is 2.01. The third kappa shape index (κ3) is 3.56. The molecule has 2 saturated heterocycles. The second-order valence-corrected chi connectivity index (χ2v) is 6.16. The summed E-state index contributed by atoms with van der Waals surface area (Å²) in [5.74, 6) is -0.329. The van der Waals surface area contributed by atoms with Crippen molar-refractivity contribution in [1.29, 1.82) is 0 Å². The Labute approximate surface area is 145 Å². The third-order valence-corrected chi connectivity index (χ3v) is 4.45. The molecule has 8 heteroatoms. The number of ether oxygens (including phenoxy) is 1. The number of rotatable bonds is 4. The van der Waals surface area contributed by atoms with E-state index in [4.69, 9.17) is 4.74 Å². The number of halogens is 1.